The molecule has 1 saturated heterocycles. The van der Waals surface area contributed by atoms with Crippen LogP contribution in [-0.2, 0) is 4.74 Å². The highest BCUT2D eigenvalue weighted by molar-refractivity contribution is 5.41. The third kappa shape index (κ3) is 3.19. The Kier molecular flexibility index (Phi) is 3.84. The van der Waals surface area contributed by atoms with Gasteiger partial charge in [-0.15, -0.1) is 0 Å². The largest absolute Gasteiger partial charge is 0.370 e. The normalized spacial score (nSPS) is 18.8. The van der Waals surface area contributed by atoms with Crippen LogP contribution >= 0.6 is 0 Å². The number of nitrogens with zero attached hydrogens (tertiary/aromatic N) is 3. The van der Waals surface area contributed by atoms with Gasteiger partial charge in [0.15, 0.2) is 0 Å². The fourth-order valence-electron chi connectivity index (χ4n) is 2.60. The average molecular weight is 287 g/mol. The summed E-state index contributed by atoms with van der Waals surface area (Å²) in [6.07, 6.45) is -0.0603. The number of anilines is 1. The molecule has 0 bridgehead atoms. The summed E-state index contributed by atoms with van der Waals surface area (Å²) in [4.78, 5) is 11.0. The Morgan fingerprint density at radius 1 is 1.19 bits per heavy atom. The minimum Gasteiger partial charge on any atom is -0.370 e. The molecule has 1 atom stereocenters. The van der Waals surface area contributed by atoms with Gasteiger partial charge in [-0.25, -0.2) is 14.4 Å². The van der Waals surface area contributed by atoms with Crippen molar-refractivity contribution in [3.8, 4) is 0 Å². The first-order valence-corrected chi connectivity index (χ1v) is 7.06. The second kappa shape index (κ2) is 5.77. The molecule has 2 heterocycles. The summed E-state index contributed by atoms with van der Waals surface area (Å²) in [6.45, 7) is 6.00. The van der Waals surface area contributed by atoms with Crippen molar-refractivity contribution in [3.63, 3.8) is 0 Å². The summed E-state index contributed by atoms with van der Waals surface area (Å²) in [5, 5.41) is 0. The van der Waals surface area contributed by atoms with Crippen molar-refractivity contribution in [2.45, 2.75) is 20.0 Å². The maximum Gasteiger partial charge on any atom is 0.132 e. The van der Waals surface area contributed by atoms with Crippen molar-refractivity contribution in [2.24, 2.45) is 0 Å². The van der Waals surface area contributed by atoms with Crippen LogP contribution in [-0.4, -0.2) is 29.7 Å². The molecule has 110 valence electrons. The number of ether oxygens (including phenoxy) is 1. The molecule has 0 radical (unpaired) electrons. The molecule has 0 spiro atoms. The number of aryl methyl sites for hydroxylation is 2. The summed E-state index contributed by atoms with van der Waals surface area (Å²) in [5.74, 6) is 1.47. The number of aromatic nitrogens is 2. The molecule has 1 fully saturated rings. The Morgan fingerprint density at radius 3 is 2.67 bits per heavy atom. The average Bonchev–Trinajstić information content (AvgIpc) is 2.47. The molecule has 3 rings (SSSR count). The summed E-state index contributed by atoms with van der Waals surface area (Å²) < 4.78 is 18.8. The Hall–Kier alpha value is -2.01. The van der Waals surface area contributed by atoms with Crippen LogP contribution in [0.1, 0.15) is 23.2 Å². The van der Waals surface area contributed by atoms with Crippen molar-refractivity contribution < 1.29 is 9.13 Å². The Balaban J connectivity index is 1.80. The van der Waals surface area contributed by atoms with Crippen LogP contribution in [0.4, 0.5) is 10.2 Å². The highest BCUT2D eigenvalue weighted by atomic mass is 19.1. The first kappa shape index (κ1) is 13.9. The molecular formula is C16H18FN3O. The molecule has 2 aromatic rings. The molecule has 0 saturated carbocycles. The Labute approximate surface area is 123 Å². The lowest BCUT2D eigenvalue weighted by Crippen LogP contribution is -2.39. The van der Waals surface area contributed by atoms with Crippen LogP contribution in [0.3, 0.4) is 0 Å². The van der Waals surface area contributed by atoms with Crippen LogP contribution in [0.25, 0.3) is 0 Å². The third-order valence-corrected chi connectivity index (χ3v) is 3.58. The lowest BCUT2D eigenvalue weighted by atomic mass is 10.1. The van der Waals surface area contributed by atoms with E-state index in [1.807, 2.05) is 19.9 Å². The van der Waals surface area contributed by atoms with E-state index in [9.17, 15) is 4.39 Å². The molecule has 1 aliphatic heterocycles. The van der Waals surface area contributed by atoms with E-state index in [2.05, 4.69) is 14.9 Å². The topological polar surface area (TPSA) is 38.2 Å². The number of rotatable bonds is 2. The highest BCUT2D eigenvalue weighted by Crippen LogP contribution is 2.25. The zero-order valence-corrected chi connectivity index (χ0v) is 12.2. The van der Waals surface area contributed by atoms with Gasteiger partial charge < -0.3 is 9.64 Å². The van der Waals surface area contributed by atoms with E-state index in [1.54, 1.807) is 12.1 Å². The van der Waals surface area contributed by atoms with E-state index in [-0.39, 0.29) is 11.9 Å². The fourth-order valence-corrected chi connectivity index (χ4v) is 2.60. The fraction of sp³-hybridized carbons (Fsp3) is 0.375. The van der Waals surface area contributed by atoms with E-state index in [0.29, 0.717) is 13.2 Å². The standard InChI is InChI=1S/C16H18FN3O/c1-11-9-16(19-12(2)18-11)20-7-8-21-15(10-20)13-3-5-14(17)6-4-13/h3-6,9,15H,7-8,10H2,1-2H3/t15-/m1/s1. The highest BCUT2D eigenvalue weighted by Gasteiger charge is 2.23. The molecule has 0 unspecified atom stereocenters. The van der Waals surface area contributed by atoms with Crippen molar-refractivity contribution in [3.05, 3.63) is 53.2 Å². The molecule has 1 aliphatic rings. The molecule has 5 heteroatoms. The number of morpholine rings is 1. The van der Waals surface area contributed by atoms with Gasteiger partial charge in [0.1, 0.15) is 23.6 Å². The third-order valence-electron chi connectivity index (χ3n) is 3.58. The summed E-state index contributed by atoms with van der Waals surface area (Å²) in [7, 11) is 0. The summed E-state index contributed by atoms with van der Waals surface area (Å²) >= 11 is 0. The van der Waals surface area contributed by atoms with Crippen LogP contribution < -0.4 is 4.90 Å². The van der Waals surface area contributed by atoms with Gasteiger partial charge in [0.05, 0.1) is 6.61 Å². The van der Waals surface area contributed by atoms with Gasteiger partial charge in [-0.3, -0.25) is 0 Å². The maximum absolute atomic E-state index is 13.0. The summed E-state index contributed by atoms with van der Waals surface area (Å²) in [5.41, 5.74) is 1.95. The van der Waals surface area contributed by atoms with E-state index in [0.717, 1.165) is 29.4 Å². The predicted molar refractivity (Wildman–Crippen MR) is 78.8 cm³/mol. The molecule has 4 nitrogen and oxygen atoms in total. The zero-order valence-electron chi connectivity index (χ0n) is 12.2. The number of benzene rings is 1. The van der Waals surface area contributed by atoms with E-state index < -0.39 is 0 Å². The molecule has 0 N–H and O–H groups in total. The molecular weight excluding hydrogens is 269 g/mol. The number of hydrogen-bond acceptors (Lipinski definition) is 4. The molecule has 1 aromatic carbocycles. The predicted octanol–water partition coefficient (Wildman–Crippen LogP) is 2.81. The lowest BCUT2D eigenvalue weighted by molar-refractivity contribution is 0.0394. The maximum atomic E-state index is 13.0. The molecule has 0 aliphatic carbocycles. The van der Waals surface area contributed by atoms with E-state index >= 15 is 0 Å². The van der Waals surface area contributed by atoms with Gasteiger partial charge in [-0.2, -0.15) is 0 Å². The minimum absolute atomic E-state index is 0.0603. The minimum atomic E-state index is -0.228. The van der Waals surface area contributed by atoms with Crippen LogP contribution in [0, 0.1) is 19.7 Å². The quantitative estimate of drug-likeness (QED) is 0.851. The van der Waals surface area contributed by atoms with Crippen LogP contribution in [0.15, 0.2) is 30.3 Å². The van der Waals surface area contributed by atoms with Gasteiger partial charge in [-0.05, 0) is 31.5 Å². The van der Waals surface area contributed by atoms with Gasteiger partial charge in [-0.1, -0.05) is 12.1 Å². The van der Waals surface area contributed by atoms with Crippen molar-refractivity contribution >= 4 is 5.82 Å². The smallest absolute Gasteiger partial charge is 0.132 e. The van der Waals surface area contributed by atoms with Crippen LogP contribution in [0.5, 0.6) is 0 Å². The first-order chi connectivity index (χ1) is 10.1. The zero-order chi connectivity index (χ0) is 14.8. The number of hydrogen-bond donors (Lipinski definition) is 0. The molecule has 0 amide bonds. The Morgan fingerprint density at radius 2 is 1.95 bits per heavy atom. The molecule has 21 heavy (non-hydrogen) atoms. The summed E-state index contributed by atoms with van der Waals surface area (Å²) in [6, 6.07) is 8.48. The van der Waals surface area contributed by atoms with Crippen LogP contribution in [0.2, 0.25) is 0 Å². The first-order valence-electron chi connectivity index (χ1n) is 7.06. The molecule has 1 aromatic heterocycles. The van der Waals surface area contributed by atoms with Crippen molar-refractivity contribution in [1.29, 1.82) is 0 Å². The second-order valence-electron chi connectivity index (χ2n) is 5.27. The van der Waals surface area contributed by atoms with Crippen molar-refractivity contribution in [2.75, 3.05) is 24.6 Å². The lowest BCUT2D eigenvalue weighted by Gasteiger charge is -2.34. The Bertz CT molecular complexity index is 610. The van der Waals surface area contributed by atoms with Gasteiger partial charge in [0.2, 0.25) is 0 Å². The number of halogens is 1. The van der Waals surface area contributed by atoms with E-state index in [1.165, 1.54) is 12.1 Å². The monoisotopic (exact) mass is 287 g/mol. The van der Waals surface area contributed by atoms with E-state index in [4.69, 9.17) is 4.74 Å². The van der Waals surface area contributed by atoms with Gasteiger partial charge >= 0.3 is 0 Å². The van der Waals surface area contributed by atoms with Crippen molar-refractivity contribution in [1.82, 2.24) is 9.97 Å². The second-order valence-corrected chi connectivity index (χ2v) is 5.27. The van der Waals surface area contributed by atoms with Gasteiger partial charge in [0, 0.05) is 24.8 Å². The SMILES string of the molecule is Cc1cc(N2CCO[C@@H](c3ccc(F)cc3)C2)nc(C)n1. The van der Waals surface area contributed by atoms with Gasteiger partial charge in [0.25, 0.3) is 0 Å².